The van der Waals surface area contributed by atoms with E-state index < -0.39 is 0 Å². The Morgan fingerprint density at radius 2 is 2.24 bits per heavy atom. The molecule has 0 aromatic rings. The average molecular weight is 241 g/mol. The van der Waals surface area contributed by atoms with Crippen molar-refractivity contribution in [2.75, 3.05) is 39.8 Å². The summed E-state index contributed by atoms with van der Waals surface area (Å²) in [6.07, 6.45) is 0.710. The molecular formula is C12H23N3O2. The van der Waals surface area contributed by atoms with E-state index in [9.17, 15) is 4.79 Å². The minimum atomic E-state index is 0.106. The predicted octanol–water partition coefficient (Wildman–Crippen LogP) is -0.487. The molecule has 2 heterocycles. The zero-order chi connectivity index (χ0) is 12.4. The molecule has 2 saturated heterocycles. The van der Waals surface area contributed by atoms with Crippen molar-refractivity contribution in [3.8, 4) is 0 Å². The second kappa shape index (κ2) is 5.33. The van der Waals surface area contributed by atoms with E-state index >= 15 is 0 Å². The molecular weight excluding hydrogens is 218 g/mol. The molecule has 0 spiro atoms. The number of carbonyl (C=O) groups excluding carboxylic acids is 1. The zero-order valence-corrected chi connectivity index (χ0v) is 10.8. The van der Waals surface area contributed by atoms with Crippen molar-refractivity contribution in [1.29, 1.82) is 0 Å². The Morgan fingerprint density at radius 3 is 2.94 bits per heavy atom. The van der Waals surface area contributed by atoms with Gasteiger partial charge in [0.15, 0.2) is 0 Å². The SMILES string of the molecule is CC1CC(=O)N(CC2CN(C)CCO2)CC1N. The highest BCUT2D eigenvalue weighted by atomic mass is 16.5. The Balaban J connectivity index is 1.87. The number of likely N-dealkylation sites (tertiary alicyclic amines) is 1. The van der Waals surface area contributed by atoms with Gasteiger partial charge in [-0.2, -0.15) is 0 Å². The Labute approximate surface area is 103 Å². The van der Waals surface area contributed by atoms with Crippen molar-refractivity contribution < 1.29 is 9.53 Å². The Morgan fingerprint density at radius 1 is 1.47 bits per heavy atom. The molecule has 2 aliphatic rings. The van der Waals surface area contributed by atoms with Crippen LogP contribution in [0.2, 0.25) is 0 Å². The highest BCUT2D eigenvalue weighted by Crippen LogP contribution is 2.18. The van der Waals surface area contributed by atoms with Crippen molar-refractivity contribution in [3.05, 3.63) is 0 Å². The molecule has 3 atom stereocenters. The molecule has 5 nitrogen and oxygen atoms in total. The molecule has 3 unspecified atom stereocenters. The molecule has 0 aromatic heterocycles. The van der Waals surface area contributed by atoms with Gasteiger partial charge in [0.2, 0.25) is 5.91 Å². The molecule has 2 fully saturated rings. The number of amides is 1. The molecule has 2 N–H and O–H groups in total. The van der Waals surface area contributed by atoms with Crippen LogP contribution in [0.1, 0.15) is 13.3 Å². The third-order valence-electron chi connectivity index (χ3n) is 3.78. The summed E-state index contributed by atoms with van der Waals surface area (Å²) in [5, 5.41) is 0. The maximum Gasteiger partial charge on any atom is 0.223 e. The lowest BCUT2D eigenvalue weighted by atomic mass is 9.93. The maximum absolute atomic E-state index is 11.9. The number of morpholine rings is 1. The molecule has 5 heteroatoms. The van der Waals surface area contributed by atoms with Crippen LogP contribution >= 0.6 is 0 Å². The molecule has 0 radical (unpaired) electrons. The van der Waals surface area contributed by atoms with Crippen LogP contribution in [0.5, 0.6) is 0 Å². The number of nitrogens with zero attached hydrogens (tertiary/aromatic N) is 2. The van der Waals surface area contributed by atoms with E-state index in [4.69, 9.17) is 10.5 Å². The normalized spacial score (nSPS) is 36.3. The molecule has 0 bridgehead atoms. The van der Waals surface area contributed by atoms with E-state index in [2.05, 4.69) is 11.9 Å². The molecule has 2 rings (SSSR count). The largest absolute Gasteiger partial charge is 0.374 e. The number of hydrogen-bond acceptors (Lipinski definition) is 4. The molecule has 0 aromatic carbocycles. The fourth-order valence-electron chi connectivity index (χ4n) is 2.49. The van der Waals surface area contributed by atoms with E-state index in [-0.39, 0.29) is 18.1 Å². The Hall–Kier alpha value is -0.650. The zero-order valence-electron chi connectivity index (χ0n) is 10.8. The summed E-state index contributed by atoms with van der Waals surface area (Å²) in [5.41, 5.74) is 6.02. The topological polar surface area (TPSA) is 58.8 Å². The smallest absolute Gasteiger partial charge is 0.223 e. The summed E-state index contributed by atoms with van der Waals surface area (Å²) >= 11 is 0. The number of carbonyl (C=O) groups is 1. The Bertz CT molecular complexity index is 285. The summed E-state index contributed by atoms with van der Waals surface area (Å²) in [6, 6.07) is 0.106. The van der Waals surface area contributed by atoms with Gasteiger partial charge in [-0.3, -0.25) is 4.79 Å². The number of piperidine rings is 1. The number of likely N-dealkylation sites (N-methyl/N-ethyl adjacent to an activating group) is 1. The monoisotopic (exact) mass is 241 g/mol. The summed E-state index contributed by atoms with van der Waals surface area (Å²) in [7, 11) is 2.08. The minimum absolute atomic E-state index is 0.106. The molecule has 17 heavy (non-hydrogen) atoms. The average Bonchev–Trinajstić information content (AvgIpc) is 2.26. The van der Waals surface area contributed by atoms with Crippen molar-refractivity contribution in [2.24, 2.45) is 11.7 Å². The first-order valence-corrected chi connectivity index (χ1v) is 6.39. The quantitative estimate of drug-likeness (QED) is 0.709. The third kappa shape index (κ3) is 3.18. The van der Waals surface area contributed by atoms with Gasteiger partial charge in [-0.15, -0.1) is 0 Å². The van der Waals surface area contributed by atoms with Crippen LogP contribution in [0.4, 0.5) is 0 Å². The summed E-state index contributed by atoms with van der Waals surface area (Å²) in [6.45, 7) is 6.03. The Kier molecular flexibility index (Phi) is 4.01. The summed E-state index contributed by atoms with van der Waals surface area (Å²) in [5.74, 6) is 0.518. The fourth-order valence-corrected chi connectivity index (χ4v) is 2.49. The molecule has 2 aliphatic heterocycles. The van der Waals surface area contributed by atoms with Crippen LogP contribution in [0.3, 0.4) is 0 Å². The van der Waals surface area contributed by atoms with Gasteiger partial charge in [-0.25, -0.2) is 0 Å². The molecule has 1 amide bonds. The number of hydrogen-bond donors (Lipinski definition) is 1. The molecule has 98 valence electrons. The van der Waals surface area contributed by atoms with E-state index in [0.717, 1.165) is 19.7 Å². The second-order valence-corrected chi connectivity index (χ2v) is 5.40. The van der Waals surface area contributed by atoms with E-state index in [1.807, 2.05) is 11.8 Å². The van der Waals surface area contributed by atoms with Crippen LogP contribution in [-0.4, -0.2) is 67.7 Å². The highest BCUT2D eigenvalue weighted by molar-refractivity contribution is 5.77. The van der Waals surface area contributed by atoms with Gasteiger partial charge in [0.1, 0.15) is 0 Å². The van der Waals surface area contributed by atoms with Crippen LogP contribution in [0.15, 0.2) is 0 Å². The van der Waals surface area contributed by atoms with Gasteiger partial charge < -0.3 is 20.3 Å². The van der Waals surface area contributed by atoms with Crippen molar-refractivity contribution >= 4 is 5.91 Å². The lowest BCUT2D eigenvalue weighted by Gasteiger charge is -2.38. The van der Waals surface area contributed by atoms with Gasteiger partial charge in [-0.05, 0) is 13.0 Å². The van der Waals surface area contributed by atoms with Gasteiger partial charge in [0.25, 0.3) is 0 Å². The second-order valence-electron chi connectivity index (χ2n) is 5.40. The lowest BCUT2D eigenvalue weighted by molar-refractivity contribution is -0.139. The third-order valence-corrected chi connectivity index (χ3v) is 3.78. The van der Waals surface area contributed by atoms with Crippen molar-refractivity contribution in [1.82, 2.24) is 9.80 Å². The van der Waals surface area contributed by atoms with Crippen LogP contribution < -0.4 is 5.73 Å². The van der Waals surface area contributed by atoms with Gasteiger partial charge in [-0.1, -0.05) is 6.92 Å². The standard InChI is InChI=1S/C12H23N3O2/c1-9-5-12(16)15(8-11(9)13)7-10-6-14(2)3-4-17-10/h9-11H,3-8,13H2,1-2H3. The van der Waals surface area contributed by atoms with Crippen molar-refractivity contribution in [3.63, 3.8) is 0 Å². The first kappa shape index (κ1) is 12.8. The van der Waals surface area contributed by atoms with Gasteiger partial charge in [0, 0.05) is 38.6 Å². The van der Waals surface area contributed by atoms with E-state index in [0.29, 0.717) is 25.4 Å². The van der Waals surface area contributed by atoms with Crippen LogP contribution in [0.25, 0.3) is 0 Å². The highest BCUT2D eigenvalue weighted by Gasteiger charge is 2.31. The van der Waals surface area contributed by atoms with Crippen molar-refractivity contribution in [2.45, 2.75) is 25.5 Å². The molecule has 0 saturated carbocycles. The van der Waals surface area contributed by atoms with Crippen LogP contribution in [-0.2, 0) is 9.53 Å². The first-order chi connectivity index (χ1) is 8.06. The summed E-state index contributed by atoms with van der Waals surface area (Å²) in [4.78, 5) is 16.0. The van der Waals surface area contributed by atoms with Crippen LogP contribution in [0, 0.1) is 5.92 Å². The number of nitrogens with two attached hydrogens (primary N) is 1. The van der Waals surface area contributed by atoms with Gasteiger partial charge in [0.05, 0.1) is 12.7 Å². The maximum atomic E-state index is 11.9. The molecule has 0 aliphatic carbocycles. The number of ether oxygens (including phenoxy) is 1. The van der Waals surface area contributed by atoms with E-state index in [1.54, 1.807) is 0 Å². The first-order valence-electron chi connectivity index (χ1n) is 6.39. The predicted molar refractivity (Wildman–Crippen MR) is 65.6 cm³/mol. The summed E-state index contributed by atoms with van der Waals surface area (Å²) < 4.78 is 5.69. The lowest BCUT2D eigenvalue weighted by Crippen LogP contribution is -2.54. The fraction of sp³-hybridized carbons (Fsp3) is 0.917. The minimum Gasteiger partial charge on any atom is -0.374 e. The number of rotatable bonds is 2. The van der Waals surface area contributed by atoms with E-state index in [1.165, 1.54) is 0 Å². The van der Waals surface area contributed by atoms with Gasteiger partial charge >= 0.3 is 0 Å².